The molecule has 1 aromatic carbocycles. The largest absolute Gasteiger partial charge is 0.375 e. The molecule has 0 aromatic heterocycles. The second-order valence-electron chi connectivity index (χ2n) is 4.92. The van der Waals surface area contributed by atoms with Crippen LogP contribution in [0.2, 0.25) is 0 Å². The first-order valence-electron chi connectivity index (χ1n) is 6.17. The fraction of sp³-hybridized carbons (Fsp3) is 0.500. The molecule has 4 nitrogen and oxygen atoms in total. The minimum atomic E-state index is -3.35. The molecule has 0 heterocycles. The highest BCUT2D eigenvalue weighted by molar-refractivity contribution is 7.91. The number of benzene rings is 1. The lowest BCUT2D eigenvalue weighted by molar-refractivity contribution is -0.0114. The van der Waals surface area contributed by atoms with Crippen molar-refractivity contribution >= 4 is 9.84 Å². The molecule has 0 saturated heterocycles. The zero-order valence-electron chi connectivity index (χ0n) is 11.5. The summed E-state index contributed by atoms with van der Waals surface area (Å²) in [5, 5.41) is 8.67. The number of hydrogen-bond acceptors (Lipinski definition) is 4. The Morgan fingerprint density at radius 1 is 1.26 bits per heavy atom. The molecule has 0 aliphatic carbocycles. The maximum Gasteiger partial charge on any atom is 0.180 e. The predicted octanol–water partition coefficient (Wildman–Crippen LogP) is 2.54. The first-order chi connectivity index (χ1) is 8.80. The maximum atomic E-state index is 12.0. The zero-order chi connectivity index (χ0) is 14.5. The summed E-state index contributed by atoms with van der Waals surface area (Å²) >= 11 is 0. The summed E-state index contributed by atoms with van der Waals surface area (Å²) in [6.45, 7) is 6.03. The van der Waals surface area contributed by atoms with Gasteiger partial charge in [0.25, 0.3) is 0 Å². The third-order valence-corrected chi connectivity index (χ3v) is 4.73. The highest BCUT2D eigenvalue weighted by Crippen LogP contribution is 2.16. The SMILES string of the molecule is CCC(C)(C)OCCS(=O)(=O)c1ccc(C#N)cc1. The zero-order valence-corrected chi connectivity index (χ0v) is 12.3. The first kappa shape index (κ1) is 15.7. The molecule has 19 heavy (non-hydrogen) atoms. The average molecular weight is 281 g/mol. The Hall–Kier alpha value is -1.38. The maximum absolute atomic E-state index is 12.0. The van der Waals surface area contributed by atoms with E-state index >= 15 is 0 Å². The van der Waals surface area contributed by atoms with E-state index in [4.69, 9.17) is 10.00 Å². The van der Waals surface area contributed by atoms with Crippen LogP contribution in [0.3, 0.4) is 0 Å². The molecule has 0 aliphatic heterocycles. The molecule has 1 aromatic rings. The summed E-state index contributed by atoms with van der Waals surface area (Å²) in [6, 6.07) is 7.88. The van der Waals surface area contributed by atoms with Gasteiger partial charge in [0.05, 0.1) is 34.5 Å². The van der Waals surface area contributed by atoms with Gasteiger partial charge in [-0.25, -0.2) is 8.42 Å². The average Bonchev–Trinajstić information content (AvgIpc) is 2.38. The lowest BCUT2D eigenvalue weighted by Gasteiger charge is -2.23. The molecule has 0 radical (unpaired) electrons. The summed E-state index contributed by atoms with van der Waals surface area (Å²) in [7, 11) is -3.35. The van der Waals surface area contributed by atoms with Crippen LogP contribution in [0.15, 0.2) is 29.2 Å². The highest BCUT2D eigenvalue weighted by atomic mass is 32.2. The molecular weight excluding hydrogens is 262 g/mol. The number of rotatable bonds is 6. The Morgan fingerprint density at radius 3 is 2.32 bits per heavy atom. The fourth-order valence-electron chi connectivity index (χ4n) is 1.38. The van der Waals surface area contributed by atoms with Crippen molar-refractivity contribution in [3.63, 3.8) is 0 Å². The normalized spacial score (nSPS) is 12.1. The van der Waals surface area contributed by atoms with E-state index in [-0.39, 0.29) is 22.9 Å². The minimum absolute atomic E-state index is 0.0532. The second-order valence-corrected chi connectivity index (χ2v) is 7.03. The quantitative estimate of drug-likeness (QED) is 0.803. The molecule has 0 bridgehead atoms. The Bertz CT molecular complexity index is 553. The van der Waals surface area contributed by atoms with Gasteiger partial charge in [-0.1, -0.05) is 6.92 Å². The van der Waals surface area contributed by atoms with Crippen molar-refractivity contribution in [3.05, 3.63) is 29.8 Å². The number of ether oxygens (including phenoxy) is 1. The van der Waals surface area contributed by atoms with E-state index in [0.717, 1.165) is 6.42 Å². The van der Waals surface area contributed by atoms with Gasteiger partial charge in [0.15, 0.2) is 9.84 Å². The van der Waals surface area contributed by atoms with Crippen molar-refractivity contribution in [2.75, 3.05) is 12.4 Å². The van der Waals surface area contributed by atoms with Gasteiger partial charge in [-0.3, -0.25) is 0 Å². The second kappa shape index (κ2) is 6.18. The van der Waals surface area contributed by atoms with Crippen LogP contribution in [0.25, 0.3) is 0 Å². The van der Waals surface area contributed by atoms with Crippen LogP contribution in [0.5, 0.6) is 0 Å². The molecule has 0 spiro atoms. The van der Waals surface area contributed by atoms with Crippen molar-refractivity contribution in [2.45, 2.75) is 37.7 Å². The molecule has 1 rings (SSSR count). The molecule has 0 saturated carbocycles. The summed E-state index contributed by atoms with van der Waals surface area (Å²) in [5.41, 5.74) is 0.141. The summed E-state index contributed by atoms with van der Waals surface area (Å²) < 4.78 is 29.6. The van der Waals surface area contributed by atoms with E-state index in [1.54, 1.807) is 0 Å². The van der Waals surface area contributed by atoms with Crippen LogP contribution in [0, 0.1) is 11.3 Å². The third kappa shape index (κ3) is 4.66. The summed E-state index contributed by atoms with van der Waals surface area (Å²) in [4.78, 5) is 0.226. The summed E-state index contributed by atoms with van der Waals surface area (Å²) in [5.74, 6) is -0.0532. The molecular formula is C14H19NO3S. The molecule has 0 fully saturated rings. The van der Waals surface area contributed by atoms with Gasteiger partial charge in [-0.2, -0.15) is 5.26 Å². The van der Waals surface area contributed by atoms with E-state index in [1.807, 2.05) is 26.8 Å². The van der Waals surface area contributed by atoms with Gasteiger partial charge in [0.1, 0.15) is 0 Å². The molecule has 0 aliphatic rings. The smallest absolute Gasteiger partial charge is 0.180 e. The number of nitrogens with zero attached hydrogens (tertiary/aromatic N) is 1. The van der Waals surface area contributed by atoms with Gasteiger partial charge in [0.2, 0.25) is 0 Å². The molecule has 0 unspecified atom stereocenters. The van der Waals surface area contributed by atoms with Crippen LogP contribution in [-0.4, -0.2) is 26.4 Å². The molecule has 104 valence electrons. The van der Waals surface area contributed by atoms with Crippen molar-refractivity contribution in [3.8, 4) is 6.07 Å². The number of sulfone groups is 1. The Morgan fingerprint density at radius 2 is 1.84 bits per heavy atom. The monoisotopic (exact) mass is 281 g/mol. The molecule has 5 heteroatoms. The van der Waals surface area contributed by atoms with Crippen molar-refractivity contribution < 1.29 is 13.2 Å². The number of nitriles is 1. The topological polar surface area (TPSA) is 67.2 Å². The van der Waals surface area contributed by atoms with E-state index in [0.29, 0.717) is 5.56 Å². The van der Waals surface area contributed by atoms with E-state index < -0.39 is 9.84 Å². The van der Waals surface area contributed by atoms with Gasteiger partial charge in [0, 0.05) is 0 Å². The predicted molar refractivity (Wildman–Crippen MR) is 73.5 cm³/mol. The van der Waals surface area contributed by atoms with Crippen molar-refractivity contribution in [1.82, 2.24) is 0 Å². The van der Waals surface area contributed by atoms with E-state index in [2.05, 4.69) is 0 Å². The van der Waals surface area contributed by atoms with Crippen LogP contribution >= 0.6 is 0 Å². The van der Waals surface area contributed by atoms with Crippen LogP contribution < -0.4 is 0 Å². The lowest BCUT2D eigenvalue weighted by Crippen LogP contribution is -2.26. The molecule has 0 N–H and O–H groups in total. The van der Waals surface area contributed by atoms with Crippen LogP contribution in [0.1, 0.15) is 32.8 Å². The Labute approximate surface area is 114 Å². The van der Waals surface area contributed by atoms with E-state index in [1.165, 1.54) is 24.3 Å². The fourth-order valence-corrected chi connectivity index (χ4v) is 2.47. The third-order valence-electron chi connectivity index (χ3n) is 3.04. The Kier molecular flexibility index (Phi) is 5.10. The van der Waals surface area contributed by atoms with Gasteiger partial charge in [-0.05, 0) is 44.5 Å². The van der Waals surface area contributed by atoms with Gasteiger partial charge in [-0.15, -0.1) is 0 Å². The van der Waals surface area contributed by atoms with Gasteiger partial charge < -0.3 is 4.74 Å². The first-order valence-corrected chi connectivity index (χ1v) is 7.83. The lowest BCUT2D eigenvalue weighted by atomic mass is 10.1. The molecule has 0 atom stereocenters. The number of hydrogen-bond donors (Lipinski definition) is 0. The van der Waals surface area contributed by atoms with Crippen LogP contribution in [-0.2, 0) is 14.6 Å². The highest BCUT2D eigenvalue weighted by Gasteiger charge is 2.19. The van der Waals surface area contributed by atoms with Crippen molar-refractivity contribution in [2.24, 2.45) is 0 Å². The van der Waals surface area contributed by atoms with E-state index in [9.17, 15) is 8.42 Å². The minimum Gasteiger partial charge on any atom is -0.375 e. The van der Waals surface area contributed by atoms with Gasteiger partial charge >= 0.3 is 0 Å². The standard InChI is InChI=1S/C14H19NO3S/c1-4-14(2,3)18-9-10-19(16,17)13-7-5-12(11-15)6-8-13/h5-8H,4,9-10H2,1-3H3. The summed E-state index contributed by atoms with van der Waals surface area (Å²) in [6.07, 6.45) is 0.823. The van der Waals surface area contributed by atoms with Crippen molar-refractivity contribution in [1.29, 1.82) is 5.26 Å². The van der Waals surface area contributed by atoms with Crippen LogP contribution in [0.4, 0.5) is 0 Å². The molecule has 0 amide bonds. The Balaban J connectivity index is 2.68.